The molecule has 0 bridgehead atoms. The van der Waals surface area contributed by atoms with E-state index in [0.29, 0.717) is 31.4 Å². The highest BCUT2D eigenvalue weighted by molar-refractivity contribution is 5.62. The Morgan fingerprint density at radius 1 is 1.17 bits per heavy atom. The minimum absolute atomic E-state index is 0.308. The summed E-state index contributed by atoms with van der Waals surface area (Å²) in [5.74, 6) is 0.808. The SMILES string of the molecule is COc1ccc(-c2cc(C3(O)CCC(O)CC3)nn2C2(C)C=CC(C)=CC2)cc1. The third-order valence-electron chi connectivity index (χ3n) is 6.38. The van der Waals surface area contributed by atoms with E-state index in [1.165, 1.54) is 5.57 Å². The minimum atomic E-state index is -0.994. The van der Waals surface area contributed by atoms with Crippen molar-refractivity contribution < 1.29 is 14.9 Å². The van der Waals surface area contributed by atoms with E-state index in [-0.39, 0.29) is 11.6 Å². The topological polar surface area (TPSA) is 67.5 Å². The van der Waals surface area contributed by atoms with Crippen molar-refractivity contribution in [3.8, 4) is 17.0 Å². The van der Waals surface area contributed by atoms with Gasteiger partial charge in [-0.1, -0.05) is 23.8 Å². The maximum absolute atomic E-state index is 11.3. The Labute approximate surface area is 172 Å². The van der Waals surface area contributed by atoms with Crippen LogP contribution in [0.4, 0.5) is 0 Å². The Morgan fingerprint density at radius 3 is 2.45 bits per heavy atom. The van der Waals surface area contributed by atoms with Gasteiger partial charge in [-0.3, -0.25) is 4.68 Å². The van der Waals surface area contributed by atoms with Gasteiger partial charge in [-0.15, -0.1) is 0 Å². The number of hydrogen-bond acceptors (Lipinski definition) is 4. The number of benzene rings is 1. The summed E-state index contributed by atoms with van der Waals surface area (Å²) >= 11 is 0. The molecule has 154 valence electrons. The molecule has 4 rings (SSSR count). The van der Waals surface area contributed by atoms with Crippen molar-refractivity contribution in [3.05, 3.63) is 59.8 Å². The molecule has 5 nitrogen and oxygen atoms in total. The predicted molar refractivity (Wildman–Crippen MR) is 114 cm³/mol. The van der Waals surface area contributed by atoms with Crippen LogP contribution in [-0.2, 0) is 11.1 Å². The van der Waals surface area contributed by atoms with Gasteiger partial charge in [0.05, 0.1) is 30.1 Å². The largest absolute Gasteiger partial charge is 0.497 e. The van der Waals surface area contributed by atoms with Gasteiger partial charge in [-0.2, -0.15) is 5.10 Å². The summed E-state index contributed by atoms with van der Waals surface area (Å²) in [4.78, 5) is 0. The van der Waals surface area contributed by atoms with Gasteiger partial charge in [0.1, 0.15) is 11.4 Å². The summed E-state index contributed by atoms with van der Waals surface area (Å²) in [6, 6.07) is 9.97. The molecule has 1 saturated carbocycles. The summed E-state index contributed by atoms with van der Waals surface area (Å²) in [6.07, 6.45) is 9.32. The molecule has 1 aromatic heterocycles. The van der Waals surface area contributed by atoms with E-state index in [1.807, 2.05) is 35.0 Å². The Balaban J connectivity index is 1.79. The van der Waals surface area contributed by atoms with E-state index in [2.05, 4.69) is 32.1 Å². The second-order valence-corrected chi connectivity index (χ2v) is 8.66. The van der Waals surface area contributed by atoms with Gasteiger partial charge in [0, 0.05) is 5.56 Å². The zero-order valence-electron chi connectivity index (χ0n) is 17.4. The number of aliphatic hydroxyl groups excluding tert-OH is 1. The molecule has 5 heteroatoms. The number of allylic oxidation sites excluding steroid dienone is 4. The standard InChI is InChI=1S/C24H30N2O3/c1-17-8-12-23(2,13-9-17)26-21(18-4-6-20(29-3)7-5-18)16-22(25-26)24(28)14-10-19(27)11-15-24/h4-9,12,16,19,27-28H,10-11,13-15H2,1-3H3. The highest BCUT2D eigenvalue weighted by Crippen LogP contribution is 2.40. The molecule has 0 spiro atoms. The number of hydrogen-bond donors (Lipinski definition) is 2. The van der Waals surface area contributed by atoms with E-state index in [9.17, 15) is 10.2 Å². The molecular weight excluding hydrogens is 364 g/mol. The van der Waals surface area contributed by atoms with Crippen LogP contribution in [0.2, 0.25) is 0 Å². The number of rotatable bonds is 4. The van der Waals surface area contributed by atoms with E-state index in [4.69, 9.17) is 9.84 Å². The number of ether oxygens (including phenoxy) is 1. The first-order valence-corrected chi connectivity index (χ1v) is 10.3. The molecule has 0 aliphatic heterocycles. The van der Waals surface area contributed by atoms with Crippen LogP contribution in [0.15, 0.2) is 54.1 Å². The Morgan fingerprint density at radius 2 is 1.86 bits per heavy atom. The van der Waals surface area contributed by atoms with Crippen LogP contribution >= 0.6 is 0 Å². The molecule has 1 aromatic carbocycles. The number of nitrogens with zero attached hydrogens (tertiary/aromatic N) is 2. The van der Waals surface area contributed by atoms with E-state index in [1.54, 1.807) is 7.11 Å². The van der Waals surface area contributed by atoms with E-state index >= 15 is 0 Å². The Kier molecular flexibility index (Phi) is 5.13. The van der Waals surface area contributed by atoms with Crippen molar-refractivity contribution in [2.45, 2.75) is 63.2 Å². The average Bonchev–Trinajstić information content (AvgIpc) is 3.20. The summed E-state index contributed by atoms with van der Waals surface area (Å²) in [5.41, 5.74) is 2.65. The number of methoxy groups -OCH3 is 1. The van der Waals surface area contributed by atoms with Gasteiger partial charge in [0.2, 0.25) is 0 Å². The summed E-state index contributed by atoms with van der Waals surface area (Å²) in [5, 5.41) is 26.1. The maximum atomic E-state index is 11.3. The molecule has 2 N–H and O–H groups in total. The lowest BCUT2D eigenvalue weighted by molar-refractivity contribution is -0.0397. The lowest BCUT2D eigenvalue weighted by Crippen LogP contribution is -2.35. The zero-order chi connectivity index (χ0) is 20.6. The van der Waals surface area contributed by atoms with Crippen LogP contribution in [0.5, 0.6) is 5.75 Å². The molecule has 1 heterocycles. The fourth-order valence-corrected chi connectivity index (χ4v) is 4.27. The van der Waals surface area contributed by atoms with Gasteiger partial charge in [-0.25, -0.2) is 0 Å². The fraction of sp³-hybridized carbons (Fsp3) is 0.458. The Bertz CT molecular complexity index is 934. The predicted octanol–water partition coefficient (Wildman–Crippen LogP) is 4.30. The summed E-state index contributed by atoms with van der Waals surface area (Å²) in [7, 11) is 1.66. The highest BCUT2D eigenvalue weighted by atomic mass is 16.5. The molecule has 2 aliphatic rings. The van der Waals surface area contributed by atoms with Gasteiger partial charge in [-0.05, 0) is 76.3 Å². The molecule has 29 heavy (non-hydrogen) atoms. The highest BCUT2D eigenvalue weighted by Gasteiger charge is 2.39. The van der Waals surface area contributed by atoms with Crippen molar-refractivity contribution in [2.75, 3.05) is 7.11 Å². The third-order valence-corrected chi connectivity index (χ3v) is 6.38. The smallest absolute Gasteiger partial charge is 0.118 e. The van der Waals surface area contributed by atoms with E-state index in [0.717, 1.165) is 23.4 Å². The maximum Gasteiger partial charge on any atom is 0.118 e. The number of aromatic nitrogens is 2. The molecule has 0 radical (unpaired) electrons. The third kappa shape index (κ3) is 3.77. The van der Waals surface area contributed by atoms with Gasteiger partial charge in [0.15, 0.2) is 0 Å². The minimum Gasteiger partial charge on any atom is -0.497 e. The van der Waals surface area contributed by atoms with Crippen LogP contribution in [0.1, 0.15) is 51.6 Å². The molecule has 2 aromatic rings. The van der Waals surface area contributed by atoms with Gasteiger partial charge in [0.25, 0.3) is 0 Å². The molecule has 1 fully saturated rings. The molecule has 1 atom stereocenters. The van der Waals surface area contributed by atoms with Crippen LogP contribution in [-0.4, -0.2) is 33.2 Å². The van der Waals surface area contributed by atoms with Crippen molar-refractivity contribution in [2.24, 2.45) is 0 Å². The molecule has 0 saturated heterocycles. The zero-order valence-corrected chi connectivity index (χ0v) is 17.4. The molecular formula is C24H30N2O3. The lowest BCUT2D eigenvalue weighted by Gasteiger charge is -2.33. The molecule has 0 amide bonds. The van der Waals surface area contributed by atoms with Crippen LogP contribution in [0.3, 0.4) is 0 Å². The van der Waals surface area contributed by atoms with Crippen LogP contribution < -0.4 is 4.74 Å². The summed E-state index contributed by atoms with van der Waals surface area (Å²) in [6.45, 7) is 4.27. The summed E-state index contributed by atoms with van der Waals surface area (Å²) < 4.78 is 7.35. The van der Waals surface area contributed by atoms with Crippen molar-refractivity contribution >= 4 is 0 Å². The van der Waals surface area contributed by atoms with Crippen molar-refractivity contribution in [1.29, 1.82) is 0 Å². The van der Waals surface area contributed by atoms with Crippen LogP contribution in [0.25, 0.3) is 11.3 Å². The molecule has 1 unspecified atom stereocenters. The lowest BCUT2D eigenvalue weighted by atomic mass is 9.81. The molecule has 2 aliphatic carbocycles. The monoisotopic (exact) mass is 394 g/mol. The second-order valence-electron chi connectivity index (χ2n) is 8.66. The number of aliphatic hydroxyl groups is 2. The first-order chi connectivity index (χ1) is 13.8. The quantitative estimate of drug-likeness (QED) is 0.811. The Hall–Kier alpha value is -2.37. The second kappa shape index (κ2) is 7.47. The van der Waals surface area contributed by atoms with Crippen molar-refractivity contribution in [3.63, 3.8) is 0 Å². The van der Waals surface area contributed by atoms with Gasteiger partial charge >= 0.3 is 0 Å². The first kappa shape index (κ1) is 19.9. The normalized spacial score (nSPS) is 29.6. The first-order valence-electron chi connectivity index (χ1n) is 10.3. The van der Waals surface area contributed by atoms with Crippen molar-refractivity contribution in [1.82, 2.24) is 9.78 Å². The average molecular weight is 395 g/mol. The van der Waals surface area contributed by atoms with Crippen LogP contribution in [0, 0.1) is 0 Å². The van der Waals surface area contributed by atoms with E-state index < -0.39 is 5.60 Å². The fourth-order valence-electron chi connectivity index (χ4n) is 4.27. The van der Waals surface area contributed by atoms with Gasteiger partial charge < -0.3 is 14.9 Å².